The van der Waals surface area contributed by atoms with Crippen molar-refractivity contribution in [3.05, 3.63) is 97.7 Å². The largest absolute Gasteiger partial charge is 0.473 e. The summed E-state index contributed by atoms with van der Waals surface area (Å²) in [5, 5.41) is 8.91. The summed E-state index contributed by atoms with van der Waals surface area (Å²) in [6.07, 6.45) is 10.9. The molecule has 0 bridgehead atoms. The van der Waals surface area contributed by atoms with Crippen LogP contribution in [0.25, 0.3) is 0 Å². The summed E-state index contributed by atoms with van der Waals surface area (Å²) in [5.41, 5.74) is 0.325. The molecule has 0 saturated heterocycles. The molecule has 1 rings (SSSR count). The third-order valence-electron chi connectivity index (χ3n) is 2.05. The second kappa shape index (κ2) is 12.6. The van der Waals surface area contributed by atoms with Crippen LogP contribution < -0.4 is 0 Å². The molecule has 22 heavy (non-hydrogen) atoms. The van der Waals surface area contributed by atoms with E-state index < -0.39 is 0 Å². The van der Waals surface area contributed by atoms with E-state index in [2.05, 4.69) is 15.0 Å². The number of nitriles is 1. The maximum absolute atomic E-state index is 8.91. The van der Waals surface area contributed by atoms with Gasteiger partial charge in [-0.3, -0.25) is 9.97 Å². The minimum atomic E-state index is 0.325. The molecule has 0 radical (unpaired) electrons. The summed E-state index contributed by atoms with van der Waals surface area (Å²) in [6.45, 7) is 0. The maximum atomic E-state index is 8.91. The molecule has 1 N–H and O–H groups in total. The molecule has 1 aromatic rings. The summed E-state index contributed by atoms with van der Waals surface area (Å²) in [5.74, 6) is 0. The number of aromatic amines is 1. The lowest BCUT2D eigenvalue weighted by Gasteiger charge is -1.78. The van der Waals surface area contributed by atoms with E-state index in [0.717, 1.165) is 0 Å². The van der Waals surface area contributed by atoms with Gasteiger partial charge in [0.15, 0.2) is 0 Å². The van der Waals surface area contributed by atoms with Crippen LogP contribution in [0.15, 0.2) is 96.5 Å². The van der Waals surface area contributed by atoms with E-state index in [4.69, 9.17) is 9.68 Å². The molecule has 0 fully saturated rings. The van der Waals surface area contributed by atoms with Crippen LogP contribution in [-0.4, -0.2) is 15.0 Å². The van der Waals surface area contributed by atoms with E-state index in [1.165, 1.54) is 12.5 Å². The smallest absolute Gasteiger partial charge is 0.136 e. The average molecular weight is 292 g/mol. The Balaban J connectivity index is 3.18. The van der Waals surface area contributed by atoms with Gasteiger partial charge in [0, 0.05) is 24.8 Å². The Hall–Kier alpha value is -3.39. The van der Waals surface area contributed by atoms with Gasteiger partial charge in [-0.25, -0.2) is 0 Å². The van der Waals surface area contributed by atoms with Crippen LogP contribution in [0.3, 0.4) is 0 Å². The monoisotopic (exact) mass is 292 g/mol. The fourth-order valence-corrected chi connectivity index (χ4v) is 1.11. The molecule has 5 nitrogen and oxygen atoms in total. The van der Waals surface area contributed by atoms with Crippen LogP contribution in [0, 0.1) is 11.3 Å². The van der Waals surface area contributed by atoms with Gasteiger partial charge in [0.25, 0.3) is 0 Å². The van der Waals surface area contributed by atoms with E-state index in [1.54, 1.807) is 67.4 Å². The minimum absolute atomic E-state index is 0.325. The van der Waals surface area contributed by atoms with E-state index in [1.807, 2.05) is 18.2 Å². The Labute approximate surface area is 129 Å². The van der Waals surface area contributed by atoms with Crippen LogP contribution in [0.4, 0.5) is 0 Å². The molecule has 0 aromatic carbocycles. The predicted octanol–water partition coefficient (Wildman–Crippen LogP) is 3.77. The molecule has 0 atom stereocenters. The Kier molecular flexibility index (Phi) is 9.57. The lowest BCUT2D eigenvalue weighted by atomic mass is 10.5. The van der Waals surface area contributed by atoms with E-state index in [0.29, 0.717) is 5.69 Å². The average Bonchev–Trinajstić information content (AvgIpc) is 2.54. The molecule has 5 heteroatoms. The predicted molar refractivity (Wildman–Crippen MR) is 83.9 cm³/mol. The molecule has 0 aliphatic heterocycles. The standard InChI is InChI=1S/C17H16N4O/c18-15-17-16-20-10-5-3-7-14-22-13-6-2-1-4-9-19-11-8-12-21-17/h1-14,16,21H. The van der Waals surface area contributed by atoms with Crippen LogP contribution in [0.2, 0.25) is 0 Å². The van der Waals surface area contributed by atoms with Gasteiger partial charge in [0.05, 0.1) is 18.7 Å². The lowest BCUT2D eigenvalue weighted by Crippen LogP contribution is -1.75. The second-order valence-electron chi connectivity index (χ2n) is 3.66. The Morgan fingerprint density at radius 2 is 1.45 bits per heavy atom. The van der Waals surface area contributed by atoms with E-state index in [-0.39, 0.29) is 0 Å². The molecule has 1 heterocycles. The first kappa shape index (κ1) is 16.7. The highest BCUT2D eigenvalue weighted by molar-refractivity contribution is 5.12. The highest BCUT2D eigenvalue weighted by Crippen LogP contribution is 1.81. The van der Waals surface area contributed by atoms with Crippen molar-refractivity contribution in [1.29, 1.82) is 5.26 Å². The molecule has 1 aromatic heterocycles. The van der Waals surface area contributed by atoms with Gasteiger partial charge in [-0.2, -0.15) is 5.26 Å². The topological polar surface area (TPSA) is 78.5 Å². The van der Waals surface area contributed by atoms with Gasteiger partial charge in [-0.05, 0) is 30.3 Å². The van der Waals surface area contributed by atoms with Gasteiger partial charge in [-0.1, -0.05) is 18.2 Å². The normalized spacial score (nSPS) is 7.95. The fourth-order valence-electron chi connectivity index (χ4n) is 1.11. The Morgan fingerprint density at radius 3 is 2.23 bits per heavy atom. The summed E-state index contributed by atoms with van der Waals surface area (Å²) in [6, 6.07) is 16.1. The summed E-state index contributed by atoms with van der Waals surface area (Å²) in [4.78, 5) is 10.8. The Morgan fingerprint density at radius 1 is 0.818 bits per heavy atom. The number of H-pyrrole nitrogens is 1. The van der Waals surface area contributed by atoms with Gasteiger partial charge in [-0.15, -0.1) is 0 Å². The second-order valence-corrected chi connectivity index (χ2v) is 3.66. The zero-order valence-corrected chi connectivity index (χ0v) is 11.9. The SMILES string of the molecule is N#Cc1cncccccoccccccnccc[nH]1. The maximum Gasteiger partial charge on any atom is 0.136 e. The molecule has 0 saturated carbocycles. The first-order chi connectivity index (χ1) is 10.9. The number of aromatic nitrogens is 3. The van der Waals surface area contributed by atoms with Crippen molar-refractivity contribution in [2.24, 2.45) is 0 Å². The third-order valence-corrected chi connectivity index (χ3v) is 2.05. The van der Waals surface area contributed by atoms with Crippen LogP contribution in [-0.2, 0) is 0 Å². The van der Waals surface area contributed by atoms with Crippen LogP contribution in [0.1, 0.15) is 5.69 Å². The summed E-state index contributed by atoms with van der Waals surface area (Å²) in [7, 11) is 0. The number of rotatable bonds is 0. The first-order valence-electron chi connectivity index (χ1n) is 6.47. The van der Waals surface area contributed by atoms with Crippen molar-refractivity contribution in [3.63, 3.8) is 0 Å². The van der Waals surface area contributed by atoms with Crippen LogP contribution >= 0.6 is 0 Å². The lowest BCUT2D eigenvalue weighted by molar-refractivity contribution is 0.554. The van der Waals surface area contributed by atoms with E-state index in [9.17, 15) is 0 Å². The number of hydrogen-bond donors (Lipinski definition) is 1. The molecule has 110 valence electrons. The van der Waals surface area contributed by atoms with Crippen molar-refractivity contribution in [1.82, 2.24) is 15.0 Å². The third kappa shape index (κ3) is 9.53. The van der Waals surface area contributed by atoms with Crippen molar-refractivity contribution >= 4 is 0 Å². The zero-order chi connectivity index (χ0) is 15.7. The minimum Gasteiger partial charge on any atom is -0.473 e. The molecule has 0 aliphatic rings. The molecular weight excluding hydrogens is 276 g/mol. The molecular formula is C17H16N4O. The fraction of sp³-hybridized carbons (Fsp3) is 0. The first-order valence-corrected chi connectivity index (χ1v) is 6.47. The van der Waals surface area contributed by atoms with Gasteiger partial charge in [0.2, 0.25) is 0 Å². The van der Waals surface area contributed by atoms with Gasteiger partial charge < -0.3 is 9.40 Å². The zero-order valence-electron chi connectivity index (χ0n) is 11.9. The quantitative estimate of drug-likeness (QED) is 0.789. The Bertz CT molecular complexity index is 647. The number of hydrogen-bond acceptors (Lipinski definition) is 4. The van der Waals surface area contributed by atoms with E-state index >= 15 is 0 Å². The number of nitrogens with one attached hydrogen (secondary N) is 1. The number of nitrogens with zero attached hydrogens (tertiary/aromatic N) is 3. The van der Waals surface area contributed by atoms with Crippen molar-refractivity contribution < 1.29 is 4.42 Å². The van der Waals surface area contributed by atoms with Gasteiger partial charge >= 0.3 is 0 Å². The van der Waals surface area contributed by atoms with Crippen molar-refractivity contribution in [3.8, 4) is 6.07 Å². The van der Waals surface area contributed by atoms with Crippen molar-refractivity contribution in [2.45, 2.75) is 0 Å². The van der Waals surface area contributed by atoms with Crippen LogP contribution in [0.5, 0.6) is 0 Å². The molecule has 0 unspecified atom stereocenters. The van der Waals surface area contributed by atoms with Crippen molar-refractivity contribution in [2.75, 3.05) is 0 Å². The molecule has 0 amide bonds. The van der Waals surface area contributed by atoms with Gasteiger partial charge in [0.1, 0.15) is 11.8 Å². The molecule has 0 spiro atoms. The highest BCUT2D eigenvalue weighted by Gasteiger charge is 1.77. The summed E-state index contributed by atoms with van der Waals surface area (Å²) < 4.78 is 5.11. The highest BCUT2D eigenvalue weighted by atomic mass is 16.3. The molecule has 0 aliphatic carbocycles. The summed E-state index contributed by atoms with van der Waals surface area (Å²) >= 11 is 0.